The second kappa shape index (κ2) is 13.2. The predicted octanol–water partition coefficient (Wildman–Crippen LogP) is 6.93. The smallest absolute Gasteiger partial charge is 0.306 e. The molecular formula is C33H42O5. The molecule has 2 fully saturated rings. The van der Waals surface area contributed by atoms with E-state index in [4.69, 9.17) is 9.47 Å². The molecule has 38 heavy (non-hydrogen) atoms. The van der Waals surface area contributed by atoms with Crippen molar-refractivity contribution < 1.29 is 23.9 Å². The zero-order chi connectivity index (χ0) is 27.0. The van der Waals surface area contributed by atoms with Crippen LogP contribution in [0.3, 0.4) is 0 Å². The van der Waals surface area contributed by atoms with Gasteiger partial charge in [-0.25, -0.2) is 0 Å². The second-order valence-corrected chi connectivity index (χ2v) is 11.4. The number of hydrogen-bond acceptors (Lipinski definition) is 5. The molecule has 0 bridgehead atoms. The van der Waals surface area contributed by atoms with Crippen molar-refractivity contribution in [3.05, 3.63) is 71.8 Å². The summed E-state index contributed by atoms with van der Waals surface area (Å²) in [5.41, 5.74) is 2.09. The highest BCUT2D eigenvalue weighted by molar-refractivity contribution is 5.78. The number of carbonyl (C=O) groups excluding carboxylic acids is 3. The first-order valence-corrected chi connectivity index (χ1v) is 14.3. The Bertz CT molecular complexity index is 1070. The molecule has 2 aliphatic heterocycles. The molecule has 0 saturated carbocycles. The van der Waals surface area contributed by atoms with Crippen molar-refractivity contribution in [2.75, 3.05) is 6.61 Å². The normalized spacial score (nSPS) is 22.4. The summed E-state index contributed by atoms with van der Waals surface area (Å²) in [5.74, 6) is 0.494. The Morgan fingerprint density at radius 1 is 0.921 bits per heavy atom. The summed E-state index contributed by atoms with van der Waals surface area (Å²) in [4.78, 5) is 37.0. The zero-order valence-corrected chi connectivity index (χ0v) is 22.9. The standard InChI is InChI=1S/C33H42O5/c1-24(25-13-5-3-6-14-25)12-9-10-17-28(34)18-11-19-29(30-20-21-31(35)38-30)33(2,26-15-7-4-8-16-26)27-22-32(36)37-23-27/h3-8,13-16,24,27,29-30H,9-12,17-23H2,1-2H3. The summed E-state index contributed by atoms with van der Waals surface area (Å²) >= 11 is 0. The summed E-state index contributed by atoms with van der Waals surface area (Å²) in [6, 6.07) is 20.8. The van der Waals surface area contributed by atoms with E-state index in [2.05, 4.69) is 50.2 Å². The molecule has 0 aliphatic carbocycles. The van der Waals surface area contributed by atoms with Crippen LogP contribution in [-0.2, 0) is 29.3 Å². The first-order valence-electron chi connectivity index (χ1n) is 14.3. The summed E-state index contributed by atoms with van der Waals surface area (Å²) in [7, 11) is 0. The highest BCUT2D eigenvalue weighted by Gasteiger charge is 2.50. The number of esters is 2. The summed E-state index contributed by atoms with van der Waals surface area (Å²) < 4.78 is 11.2. The Kier molecular flexibility index (Phi) is 9.76. The van der Waals surface area contributed by atoms with Gasteiger partial charge < -0.3 is 9.47 Å². The van der Waals surface area contributed by atoms with Gasteiger partial charge in [-0.1, -0.05) is 80.9 Å². The predicted molar refractivity (Wildman–Crippen MR) is 148 cm³/mol. The van der Waals surface area contributed by atoms with E-state index in [1.54, 1.807) is 0 Å². The first kappa shape index (κ1) is 28.1. The Balaban J connectivity index is 1.36. The van der Waals surface area contributed by atoms with Gasteiger partial charge >= 0.3 is 11.9 Å². The molecule has 5 heteroatoms. The number of hydrogen-bond donors (Lipinski definition) is 0. The fourth-order valence-corrected chi connectivity index (χ4v) is 6.51. The third kappa shape index (κ3) is 6.92. The molecular weight excluding hydrogens is 476 g/mol. The van der Waals surface area contributed by atoms with Crippen LogP contribution < -0.4 is 0 Å². The lowest BCUT2D eigenvalue weighted by Crippen LogP contribution is -2.45. The fraction of sp³-hybridized carbons (Fsp3) is 0.545. The fourth-order valence-electron chi connectivity index (χ4n) is 6.51. The summed E-state index contributed by atoms with van der Waals surface area (Å²) in [6.07, 6.45) is 6.99. The summed E-state index contributed by atoms with van der Waals surface area (Å²) in [5, 5.41) is 0. The van der Waals surface area contributed by atoms with E-state index in [1.165, 1.54) is 5.56 Å². The quantitative estimate of drug-likeness (QED) is 0.200. The zero-order valence-electron chi connectivity index (χ0n) is 22.9. The van der Waals surface area contributed by atoms with Crippen molar-refractivity contribution >= 4 is 17.7 Å². The van der Waals surface area contributed by atoms with Crippen LogP contribution in [0.25, 0.3) is 0 Å². The van der Waals surface area contributed by atoms with Crippen molar-refractivity contribution in [3.8, 4) is 0 Å². The molecule has 0 aromatic heterocycles. The molecule has 204 valence electrons. The van der Waals surface area contributed by atoms with E-state index < -0.39 is 5.41 Å². The molecule has 5 atom stereocenters. The Morgan fingerprint density at radius 3 is 2.24 bits per heavy atom. The minimum atomic E-state index is -0.403. The lowest BCUT2D eigenvalue weighted by molar-refractivity contribution is -0.145. The van der Waals surface area contributed by atoms with E-state index >= 15 is 0 Å². The molecule has 2 aromatic carbocycles. The van der Waals surface area contributed by atoms with Crippen LogP contribution in [0, 0.1) is 11.8 Å². The number of rotatable bonds is 14. The van der Waals surface area contributed by atoms with Gasteiger partial charge in [-0.05, 0) is 49.1 Å². The van der Waals surface area contributed by atoms with Gasteiger partial charge in [-0.2, -0.15) is 0 Å². The van der Waals surface area contributed by atoms with Gasteiger partial charge in [-0.15, -0.1) is 0 Å². The summed E-state index contributed by atoms with van der Waals surface area (Å²) in [6.45, 7) is 4.82. The molecule has 0 amide bonds. The third-order valence-electron chi connectivity index (χ3n) is 8.92. The van der Waals surface area contributed by atoms with Gasteiger partial charge in [-0.3, -0.25) is 14.4 Å². The minimum absolute atomic E-state index is 0.00371. The number of Topliss-reactive ketones (excluding diaryl/α,β-unsaturated/α-hetero) is 1. The van der Waals surface area contributed by atoms with E-state index in [1.807, 2.05) is 24.3 Å². The number of ether oxygens (including phenoxy) is 2. The van der Waals surface area contributed by atoms with Crippen LogP contribution in [0.1, 0.15) is 95.1 Å². The third-order valence-corrected chi connectivity index (χ3v) is 8.92. The molecule has 5 nitrogen and oxygen atoms in total. The van der Waals surface area contributed by atoms with Crippen molar-refractivity contribution in [1.29, 1.82) is 0 Å². The second-order valence-electron chi connectivity index (χ2n) is 11.4. The molecule has 2 saturated heterocycles. The first-order chi connectivity index (χ1) is 18.4. The number of unbranched alkanes of at least 4 members (excludes halogenated alkanes) is 1. The molecule has 5 unspecified atom stereocenters. The minimum Gasteiger partial charge on any atom is -0.465 e. The van der Waals surface area contributed by atoms with E-state index in [0.29, 0.717) is 50.4 Å². The van der Waals surface area contributed by atoms with Crippen LogP contribution in [0.2, 0.25) is 0 Å². The monoisotopic (exact) mass is 518 g/mol. The van der Waals surface area contributed by atoms with E-state index in [9.17, 15) is 14.4 Å². The Morgan fingerprint density at radius 2 is 1.61 bits per heavy atom. The molecule has 0 N–H and O–H groups in total. The molecule has 2 aliphatic rings. The molecule has 2 aromatic rings. The van der Waals surface area contributed by atoms with E-state index in [-0.39, 0.29) is 29.9 Å². The molecule has 0 spiro atoms. The highest BCUT2D eigenvalue weighted by atomic mass is 16.6. The number of benzene rings is 2. The van der Waals surface area contributed by atoms with Crippen molar-refractivity contribution in [2.24, 2.45) is 11.8 Å². The maximum atomic E-state index is 12.8. The van der Waals surface area contributed by atoms with Crippen molar-refractivity contribution in [1.82, 2.24) is 0 Å². The van der Waals surface area contributed by atoms with Gasteiger partial charge in [0.15, 0.2) is 0 Å². The van der Waals surface area contributed by atoms with Gasteiger partial charge in [0.25, 0.3) is 0 Å². The van der Waals surface area contributed by atoms with Gasteiger partial charge in [0.1, 0.15) is 11.9 Å². The van der Waals surface area contributed by atoms with Crippen LogP contribution in [0.15, 0.2) is 60.7 Å². The highest BCUT2D eigenvalue weighted by Crippen LogP contribution is 2.48. The van der Waals surface area contributed by atoms with Crippen LogP contribution in [-0.4, -0.2) is 30.4 Å². The van der Waals surface area contributed by atoms with Crippen LogP contribution in [0.4, 0.5) is 0 Å². The maximum absolute atomic E-state index is 12.8. The lowest BCUT2D eigenvalue weighted by Gasteiger charge is -2.44. The van der Waals surface area contributed by atoms with Crippen LogP contribution >= 0.6 is 0 Å². The Hall–Kier alpha value is -2.95. The van der Waals surface area contributed by atoms with E-state index in [0.717, 1.165) is 37.7 Å². The van der Waals surface area contributed by atoms with Crippen LogP contribution in [0.5, 0.6) is 0 Å². The number of carbonyl (C=O) groups is 3. The average molecular weight is 519 g/mol. The SMILES string of the molecule is CC(CCCCC(=O)CCCC(C1CCC(=O)O1)C(C)(c1ccccc1)C1COC(=O)C1)c1ccccc1. The largest absolute Gasteiger partial charge is 0.465 e. The number of ketones is 1. The van der Waals surface area contributed by atoms with Gasteiger partial charge in [0, 0.05) is 36.5 Å². The topological polar surface area (TPSA) is 69.7 Å². The van der Waals surface area contributed by atoms with Gasteiger partial charge in [0.2, 0.25) is 0 Å². The molecule has 2 heterocycles. The molecule has 4 rings (SSSR count). The number of cyclic esters (lactones) is 2. The van der Waals surface area contributed by atoms with Crippen molar-refractivity contribution in [3.63, 3.8) is 0 Å². The Labute approximate surface area is 227 Å². The maximum Gasteiger partial charge on any atom is 0.306 e. The van der Waals surface area contributed by atoms with Crippen molar-refractivity contribution in [2.45, 2.75) is 95.5 Å². The van der Waals surface area contributed by atoms with Gasteiger partial charge in [0.05, 0.1) is 13.0 Å². The molecule has 0 radical (unpaired) electrons. The lowest BCUT2D eigenvalue weighted by atomic mass is 9.60. The average Bonchev–Trinajstić information content (AvgIpc) is 3.57.